The Labute approximate surface area is 114 Å². The minimum Gasteiger partial charge on any atom is -0.308 e. The molecule has 19 heavy (non-hydrogen) atoms. The zero-order valence-electron chi connectivity index (χ0n) is 12.1. The summed E-state index contributed by atoms with van der Waals surface area (Å²) >= 11 is 0. The lowest BCUT2D eigenvalue weighted by Gasteiger charge is -2.01. The van der Waals surface area contributed by atoms with Gasteiger partial charge < -0.3 is 5.32 Å². The minimum atomic E-state index is 0.846. The van der Waals surface area contributed by atoms with Gasteiger partial charge in [-0.25, -0.2) is 0 Å². The largest absolute Gasteiger partial charge is 0.308 e. The zero-order chi connectivity index (χ0) is 13.7. The predicted molar refractivity (Wildman–Crippen MR) is 75.7 cm³/mol. The number of hydrogen-bond acceptors (Lipinski definition) is 3. The van der Waals surface area contributed by atoms with Gasteiger partial charge in [0, 0.05) is 49.7 Å². The molecule has 0 saturated carbocycles. The van der Waals surface area contributed by atoms with E-state index in [2.05, 4.69) is 48.7 Å². The number of aromatic nitrogens is 4. The summed E-state index contributed by atoms with van der Waals surface area (Å²) in [6.07, 6.45) is 7.26. The monoisotopic (exact) mass is 261 g/mol. The molecule has 0 amide bonds. The molecule has 2 aromatic rings. The van der Waals surface area contributed by atoms with Crippen molar-refractivity contribution in [2.45, 2.75) is 53.4 Å². The molecule has 0 radical (unpaired) electrons. The van der Waals surface area contributed by atoms with Crippen molar-refractivity contribution in [3.8, 4) is 0 Å². The van der Waals surface area contributed by atoms with Crippen LogP contribution in [0.1, 0.15) is 37.1 Å². The number of hydrogen-bond donors (Lipinski definition) is 1. The third kappa shape index (κ3) is 3.67. The van der Waals surface area contributed by atoms with Crippen molar-refractivity contribution in [2.24, 2.45) is 0 Å². The normalized spacial score (nSPS) is 11.1. The molecule has 0 aliphatic carbocycles. The lowest BCUT2D eigenvalue weighted by molar-refractivity contribution is 0.597. The molecule has 0 unspecified atom stereocenters. The van der Waals surface area contributed by atoms with E-state index in [0.717, 1.165) is 38.3 Å². The first-order valence-corrected chi connectivity index (χ1v) is 6.98. The molecule has 1 N–H and O–H groups in total. The van der Waals surface area contributed by atoms with E-state index in [0.29, 0.717) is 0 Å². The fraction of sp³-hybridized carbons (Fsp3) is 0.571. The second kappa shape index (κ2) is 6.52. The van der Waals surface area contributed by atoms with Crippen LogP contribution >= 0.6 is 0 Å². The molecule has 5 heteroatoms. The highest BCUT2D eigenvalue weighted by molar-refractivity contribution is 5.15. The van der Waals surface area contributed by atoms with E-state index in [-0.39, 0.29) is 0 Å². The summed E-state index contributed by atoms with van der Waals surface area (Å²) < 4.78 is 3.98. The Bertz CT molecular complexity index is 512. The molecule has 5 nitrogen and oxygen atoms in total. The maximum atomic E-state index is 4.50. The molecule has 0 saturated heterocycles. The van der Waals surface area contributed by atoms with Gasteiger partial charge in [0.1, 0.15) is 0 Å². The molecule has 0 aliphatic heterocycles. The highest BCUT2D eigenvalue weighted by atomic mass is 15.3. The van der Waals surface area contributed by atoms with Crippen LogP contribution in [0.15, 0.2) is 18.6 Å². The van der Waals surface area contributed by atoms with Crippen LogP contribution in [0.2, 0.25) is 0 Å². The second-order valence-electron chi connectivity index (χ2n) is 4.81. The van der Waals surface area contributed by atoms with Crippen LogP contribution in [-0.2, 0) is 26.2 Å². The van der Waals surface area contributed by atoms with E-state index in [1.54, 1.807) is 0 Å². The van der Waals surface area contributed by atoms with Gasteiger partial charge >= 0.3 is 0 Å². The molecule has 0 spiro atoms. The van der Waals surface area contributed by atoms with Crippen molar-refractivity contribution in [1.29, 1.82) is 0 Å². The average molecular weight is 261 g/mol. The Morgan fingerprint density at radius 3 is 2.68 bits per heavy atom. The van der Waals surface area contributed by atoms with Gasteiger partial charge in [-0.2, -0.15) is 10.2 Å². The van der Waals surface area contributed by atoms with E-state index in [9.17, 15) is 0 Å². The zero-order valence-corrected chi connectivity index (χ0v) is 12.1. The number of rotatable bonds is 7. The fourth-order valence-electron chi connectivity index (χ4n) is 2.09. The first-order valence-electron chi connectivity index (χ1n) is 6.98. The molecular weight excluding hydrogens is 238 g/mol. The summed E-state index contributed by atoms with van der Waals surface area (Å²) in [4.78, 5) is 0. The summed E-state index contributed by atoms with van der Waals surface area (Å²) in [6, 6.07) is 0. The van der Waals surface area contributed by atoms with Gasteiger partial charge in [-0.15, -0.1) is 0 Å². The lowest BCUT2D eigenvalue weighted by Crippen LogP contribution is -2.12. The number of nitrogens with zero attached hydrogens (tertiary/aromatic N) is 4. The van der Waals surface area contributed by atoms with E-state index >= 15 is 0 Å². The van der Waals surface area contributed by atoms with E-state index in [1.165, 1.54) is 11.1 Å². The van der Waals surface area contributed by atoms with Crippen molar-refractivity contribution in [3.05, 3.63) is 35.4 Å². The van der Waals surface area contributed by atoms with Crippen LogP contribution in [0.25, 0.3) is 0 Å². The standard InChI is InChI=1S/C14H23N5/c1-4-6-19-11-14(12(3)17-19)9-15-7-13-8-16-18(5-2)10-13/h8,10-11,15H,4-7,9H2,1-3H3. The summed E-state index contributed by atoms with van der Waals surface area (Å²) in [5.74, 6) is 0. The minimum absolute atomic E-state index is 0.846. The van der Waals surface area contributed by atoms with Crippen LogP contribution in [0.3, 0.4) is 0 Å². The maximum absolute atomic E-state index is 4.50. The molecule has 0 atom stereocenters. The Morgan fingerprint density at radius 2 is 2.00 bits per heavy atom. The first kappa shape index (κ1) is 13.8. The smallest absolute Gasteiger partial charge is 0.0638 e. The molecule has 0 aromatic carbocycles. The predicted octanol–water partition coefficient (Wildman–Crippen LogP) is 2.11. The van der Waals surface area contributed by atoms with Gasteiger partial charge in [0.05, 0.1) is 11.9 Å². The maximum Gasteiger partial charge on any atom is 0.0638 e. The highest BCUT2D eigenvalue weighted by Gasteiger charge is 2.04. The van der Waals surface area contributed by atoms with Crippen LogP contribution in [-0.4, -0.2) is 19.6 Å². The quantitative estimate of drug-likeness (QED) is 0.830. The van der Waals surface area contributed by atoms with Crippen LogP contribution in [0.5, 0.6) is 0 Å². The summed E-state index contributed by atoms with van der Waals surface area (Å²) in [5, 5.41) is 12.2. The molecule has 2 rings (SSSR count). The Balaban J connectivity index is 1.84. The number of aryl methyl sites for hydroxylation is 3. The molecule has 104 valence electrons. The first-order chi connectivity index (χ1) is 9.22. The third-order valence-electron chi connectivity index (χ3n) is 3.16. The summed E-state index contributed by atoms with van der Waals surface area (Å²) in [7, 11) is 0. The highest BCUT2D eigenvalue weighted by Crippen LogP contribution is 2.06. The molecular formula is C14H23N5. The Kier molecular flexibility index (Phi) is 4.74. The summed E-state index contributed by atoms with van der Waals surface area (Å²) in [6.45, 7) is 9.94. The van der Waals surface area contributed by atoms with Crippen molar-refractivity contribution >= 4 is 0 Å². The Hall–Kier alpha value is -1.62. The molecule has 0 fully saturated rings. The van der Waals surface area contributed by atoms with Gasteiger partial charge in [0.25, 0.3) is 0 Å². The van der Waals surface area contributed by atoms with Gasteiger partial charge in [0.2, 0.25) is 0 Å². The van der Waals surface area contributed by atoms with Crippen LogP contribution in [0, 0.1) is 6.92 Å². The molecule has 2 heterocycles. The Morgan fingerprint density at radius 1 is 1.16 bits per heavy atom. The van der Waals surface area contributed by atoms with E-state index in [1.807, 2.05) is 15.6 Å². The van der Waals surface area contributed by atoms with E-state index < -0.39 is 0 Å². The van der Waals surface area contributed by atoms with Crippen molar-refractivity contribution in [1.82, 2.24) is 24.9 Å². The van der Waals surface area contributed by atoms with Crippen molar-refractivity contribution in [2.75, 3.05) is 0 Å². The summed E-state index contributed by atoms with van der Waals surface area (Å²) in [5.41, 5.74) is 3.61. The topological polar surface area (TPSA) is 47.7 Å². The fourth-order valence-corrected chi connectivity index (χ4v) is 2.09. The average Bonchev–Trinajstić information content (AvgIpc) is 2.98. The third-order valence-corrected chi connectivity index (χ3v) is 3.16. The molecule has 2 aromatic heterocycles. The lowest BCUT2D eigenvalue weighted by atomic mass is 10.2. The van der Waals surface area contributed by atoms with Gasteiger partial charge in [-0.05, 0) is 20.3 Å². The second-order valence-corrected chi connectivity index (χ2v) is 4.81. The van der Waals surface area contributed by atoms with Crippen LogP contribution in [0.4, 0.5) is 0 Å². The van der Waals surface area contributed by atoms with Crippen LogP contribution < -0.4 is 5.32 Å². The van der Waals surface area contributed by atoms with Gasteiger partial charge in [-0.3, -0.25) is 9.36 Å². The van der Waals surface area contributed by atoms with Crippen molar-refractivity contribution < 1.29 is 0 Å². The SMILES string of the molecule is CCCn1cc(CNCc2cnn(CC)c2)c(C)n1. The van der Waals surface area contributed by atoms with Crippen molar-refractivity contribution in [3.63, 3.8) is 0 Å². The number of nitrogens with one attached hydrogen (secondary N) is 1. The molecule has 0 bridgehead atoms. The van der Waals surface area contributed by atoms with Gasteiger partial charge in [-0.1, -0.05) is 6.92 Å². The van der Waals surface area contributed by atoms with Gasteiger partial charge in [0.15, 0.2) is 0 Å². The van der Waals surface area contributed by atoms with E-state index in [4.69, 9.17) is 0 Å². The molecule has 0 aliphatic rings.